The number of carbonyl (C=O) groups excluding carboxylic acids is 1. The van der Waals surface area contributed by atoms with Crippen LogP contribution in [-0.4, -0.2) is 49.6 Å². The van der Waals surface area contributed by atoms with Gasteiger partial charge < -0.3 is 10.2 Å². The van der Waals surface area contributed by atoms with Crippen molar-refractivity contribution in [1.29, 1.82) is 0 Å². The van der Waals surface area contributed by atoms with Crippen molar-refractivity contribution in [2.24, 2.45) is 7.05 Å². The van der Waals surface area contributed by atoms with Crippen LogP contribution in [-0.2, 0) is 20.0 Å². The number of alkyl halides is 3. The molecule has 0 saturated heterocycles. The molecule has 3 aromatic rings. The largest absolute Gasteiger partial charge is 0.410 e. The Hall–Kier alpha value is -3.51. The smallest absolute Gasteiger partial charge is 0.370 e. The van der Waals surface area contributed by atoms with Crippen molar-refractivity contribution in [3.8, 4) is 11.3 Å². The molecular weight excluding hydrogens is 466 g/mol. The van der Waals surface area contributed by atoms with Crippen LogP contribution in [0.3, 0.4) is 0 Å². The van der Waals surface area contributed by atoms with Gasteiger partial charge in [0.15, 0.2) is 23.5 Å². The first-order chi connectivity index (χ1) is 16.1. The molecule has 0 saturated carbocycles. The van der Waals surface area contributed by atoms with Crippen molar-refractivity contribution in [3.05, 3.63) is 52.6 Å². The Labute approximate surface area is 188 Å². The maximum atomic E-state index is 13.8. The summed E-state index contributed by atoms with van der Waals surface area (Å²) < 4.78 is 83.2. The number of benzene rings is 1. The second-order valence-corrected chi connectivity index (χ2v) is 8.25. The molecule has 1 aromatic carbocycles. The third-order valence-electron chi connectivity index (χ3n) is 6.15. The molecule has 1 N–H and O–H groups in total. The van der Waals surface area contributed by atoms with E-state index in [1.165, 1.54) is 9.58 Å². The van der Waals surface area contributed by atoms with Gasteiger partial charge in [-0.25, -0.2) is 17.9 Å². The molecule has 0 fully saturated rings. The van der Waals surface area contributed by atoms with E-state index in [1.807, 2.05) is 0 Å². The molecule has 13 heteroatoms. The molecule has 0 spiro atoms. The zero-order chi connectivity index (χ0) is 24.4. The number of fused-ring (bicyclic) bond motifs is 2. The Balaban J connectivity index is 1.43. The number of carbonyl (C=O) groups is 1. The van der Waals surface area contributed by atoms with E-state index in [4.69, 9.17) is 0 Å². The lowest BCUT2D eigenvalue weighted by atomic mass is 9.99. The monoisotopic (exact) mass is 484 g/mol. The Morgan fingerprint density at radius 3 is 2.56 bits per heavy atom. The summed E-state index contributed by atoms with van der Waals surface area (Å²) in [6.07, 6.45) is -3.28. The minimum absolute atomic E-state index is 0.0170. The lowest BCUT2D eigenvalue weighted by Crippen LogP contribution is -2.37. The second kappa shape index (κ2) is 7.77. The third-order valence-corrected chi connectivity index (χ3v) is 6.15. The van der Waals surface area contributed by atoms with Crippen molar-refractivity contribution < 1.29 is 31.1 Å². The number of amides is 1. The molecule has 0 radical (unpaired) electrons. The van der Waals surface area contributed by atoms with Crippen LogP contribution in [0.2, 0.25) is 0 Å². The highest BCUT2D eigenvalue weighted by molar-refractivity contribution is 5.99. The van der Waals surface area contributed by atoms with E-state index < -0.39 is 35.6 Å². The quantitative estimate of drug-likeness (QED) is 0.444. The van der Waals surface area contributed by atoms with Crippen LogP contribution < -0.4 is 5.32 Å². The van der Waals surface area contributed by atoms with E-state index >= 15 is 0 Å². The summed E-state index contributed by atoms with van der Waals surface area (Å²) in [5.41, 5.74) is 1.67. The Kier molecular flexibility index (Phi) is 5.10. The number of halogens is 6. The van der Waals surface area contributed by atoms with Crippen molar-refractivity contribution in [1.82, 2.24) is 24.5 Å². The van der Waals surface area contributed by atoms with Crippen LogP contribution in [0, 0.1) is 17.5 Å². The first kappa shape index (κ1) is 22.3. The highest BCUT2D eigenvalue weighted by Gasteiger charge is 2.45. The lowest BCUT2D eigenvalue weighted by molar-refractivity contribution is -0.171. The summed E-state index contributed by atoms with van der Waals surface area (Å²) >= 11 is 0. The zero-order valence-electron chi connectivity index (χ0n) is 17.8. The summed E-state index contributed by atoms with van der Waals surface area (Å²) in [5, 5.41) is 11.0. The molecule has 180 valence electrons. The molecule has 0 aliphatic carbocycles. The van der Waals surface area contributed by atoms with E-state index in [2.05, 4.69) is 15.5 Å². The molecule has 34 heavy (non-hydrogen) atoms. The molecular formula is C21H18F6N6O. The molecule has 1 unspecified atom stereocenters. The van der Waals surface area contributed by atoms with Crippen LogP contribution >= 0.6 is 0 Å². The van der Waals surface area contributed by atoms with Gasteiger partial charge >= 0.3 is 6.18 Å². The number of nitrogens with zero attached hydrogens (tertiary/aromatic N) is 5. The number of aromatic nitrogens is 4. The van der Waals surface area contributed by atoms with Crippen molar-refractivity contribution in [3.63, 3.8) is 0 Å². The third kappa shape index (κ3) is 3.49. The molecule has 7 nitrogen and oxygen atoms in total. The average Bonchev–Trinajstić information content (AvgIpc) is 3.35. The number of anilines is 1. The topological polar surface area (TPSA) is 68.0 Å². The first-order valence-electron chi connectivity index (χ1n) is 10.4. The van der Waals surface area contributed by atoms with Gasteiger partial charge in [-0.3, -0.25) is 9.48 Å². The van der Waals surface area contributed by atoms with E-state index in [1.54, 1.807) is 7.05 Å². The SMILES string of the molecule is Cn1nc2c(c1-c1cc(F)c(F)c(F)c1)CCN(C(=O)c1cnn3c1NCCC3C(F)(F)F)C2. The molecule has 1 atom stereocenters. The average molecular weight is 484 g/mol. The van der Waals surface area contributed by atoms with Crippen LogP contribution in [0.4, 0.5) is 32.2 Å². The van der Waals surface area contributed by atoms with Gasteiger partial charge in [0.25, 0.3) is 5.91 Å². The molecule has 2 aliphatic heterocycles. The molecule has 1 amide bonds. The fourth-order valence-electron chi connectivity index (χ4n) is 4.60. The summed E-state index contributed by atoms with van der Waals surface area (Å²) in [5.74, 6) is -4.71. The summed E-state index contributed by atoms with van der Waals surface area (Å²) in [6, 6.07) is -0.0438. The number of nitrogens with one attached hydrogen (secondary N) is 1. The molecule has 5 rings (SSSR count). The van der Waals surface area contributed by atoms with Gasteiger partial charge in [0.05, 0.1) is 24.1 Å². The zero-order valence-corrected chi connectivity index (χ0v) is 17.8. The van der Waals surface area contributed by atoms with E-state index in [0.717, 1.165) is 23.0 Å². The fourth-order valence-corrected chi connectivity index (χ4v) is 4.60. The van der Waals surface area contributed by atoms with Gasteiger partial charge in [-0.15, -0.1) is 0 Å². The molecule has 0 bridgehead atoms. The molecule has 2 aliphatic rings. The van der Waals surface area contributed by atoms with Crippen molar-refractivity contribution in [2.75, 3.05) is 18.4 Å². The Bertz CT molecular complexity index is 1270. The number of hydrogen-bond donors (Lipinski definition) is 1. The minimum atomic E-state index is -4.49. The van der Waals surface area contributed by atoms with Crippen LogP contribution in [0.1, 0.15) is 34.1 Å². The minimum Gasteiger partial charge on any atom is -0.370 e. The maximum absolute atomic E-state index is 13.8. The maximum Gasteiger partial charge on any atom is 0.410 e. The lowest BCUT2D eigenvalue weighted by Gasteiger charge is -2.29. The van der Waals surface area contributed by atoms with Gasteiger partial charge in [-0.2, -0.15) is 23.4 Å². The predicted molar refractivity (Wildman–Crippen MR) is 107 cm³/mol. The number of aryl methyl sites for hydroxylation is 1. The predicted octanol–water partition coefficient (Wildman–Crippen LogP) is 3.82. The molecule has 2 aromatic heterocycles. The Morgan fingerprint density at radius 1 is 1.18 bits per heavy atom. The highest BCUT2D eigenvalue weighted by Crippen LogP contribution is 2.39. The van der Waals surface area contributed by atoms with Crippen LogP contribution in [0.25, 0.3) is 11.3 Å². The van der Waals surface area contributed by atoms with Gasteiger partial charge in [-0.05, 0) is 25.0 Å². The van der Waals surface area contributed by atoms with Gasteiger partial charge in [0, 0.05) is 31.3 Å². The number of hydrogen-bond acceptors (Lipinski definition) is 4. The van der Waals surface area contributed by atoms with Gasteiger partial charge in [-0.1, -0.05) is 0 Å². The van der Waals surface area contributed by atoms with Crippen molar-refractivity contribution >= 4 is 11.7 Å². The Morgan fingerprint density at radius 2 is 1.88 bits per heavy atom. The summed E-state index contributed by atoms with van der Waals surface area (Å²) in [7, 11) is 1.56. The van der Waals surface area contributed by atoms with Crippen molar-refractivity contribution in [2.45, 2.75) is 31.6 Å². The molecule has 4 heterocycles. The summed E-state index contributed by atoms with van der Waals surface area (Å²) in [6.45, 7) is 0.292. The van der Waals surface area contributed by atoms with E-state index in [9.17, 15) is 31.1 Å². The normalized spacial score (nSPS) is 17.9. The standard InChI is InChI=1S/C21H18F6N6O/c1-31-18(10-6-13(22)17(24)14(23)7-10)11-3-5-32(9-15(11)30-31)20(34)12-8-29-33-16(21(25,26)27)2-4-28-19(12)33/h6-8,16,28H,2-5,9H2,1H3. The highest BCUT2D eigenvalue weighted by atomic mass is 19.4. The van der Waals surface area contributed by atoms with E-state index in [0.29, 0.717) is 17.0 Å². The van der Waals surface area contributed by atoms with Gasteiger partial charge in [0.1, 0.15) is 11.4 Å². The van der Waals surface area contributed by atoms with Gasteiger partial charge in [0.2, 0.25) is 0 Å². The van der Waals surface area contributed by atoms with Crippen LogP contribution in [0.15, 0.2) is 18.3 Å². The second-order valence-electron chi connectivity index (χ2n) is 8.25. The van der Waals surface area contributed by atoms with E-state index in [-0.39, 0.29) is 49.4 Å². The number of rotatable bonds is 2. The van der Waals surface area contributed by atoms with Crippen LogP contribution in [0.5, 0.6) is 0 Å². The fraction of sp³-hybridized carbons (Fsp3) is 0.381. The summed E-state index contributed by atoms with van der Waals surface area (Å²) in [4.78, 5) is 14.6. The first-order valence-corrected chi connectivity index (χ1v) is 10.4.